The third kappa shape index (κ3) is 3.75. The van der Waals surface area contributed by atoms with Crippen LogP contribution in [0.1, 0.15) is 19.3 Å². The van der Waals surface area contributed by atoms with Crippen molar-refractivity contribution in [3.05, 3.63) is 0 Å². The van der Waals surface area contributed by atoms with Gasteiger partial charge in [-0.3, -0.25) is 0 Å². The summed E-state index contributed by atoms with van der Waals surface area (Å²) in [6.45, 7) is 0.665. The van der Waals surface area contributed by atoms with Gasteiger partial charge in [0.15, 0.2) is 9.84 Å². The van der Waals surface area contributed by atoms with Crippen LogP contribution in [0, 0.1) is 11.3 Å². The predicted molar refractivity (Wildman–Crippen MR) is 47.9 cm³/mol. The Morgan fingerprint density at radius 3 is 2.85 bits per heavy atom. The minimum absolute atomic E-state index is 0.0383. The standard InChI is InChI=1S/C8H13NO3S/c9-4-2-6-13(10,11)7-8-3-1-5-12-8/h8H,1-3,5-7H2. The van der Waals surface area contributed by atoms with Gasteiger partial charge in [0.2, 0.25) is 0 Å². The molecule has 1 saturated heterocycles. The van der Waals surface area contributed by atoms with Crippen molar-refractivity contribution in [2.24, 2.45) is 0 Å². The molecule has 0 bridgehead atoms. The van der Waals surface area contributed by atoms with Gasteiger partial charge in [-0.1, -0.05) is 0 Å². The van der Waals surface area contributed by atoms with Crippen LogP contribution in [0.2, 0.25) is 0 Å². The summed E-state index contributed by atoms with van der Waals surface area (Å²) in [5.41, 5.74) is 0. The molecule has 0 aliphatic carbocycles. The molecule has 1 fully saturated rings. The number of rotatable bonds is 4. The van der Waals surface area contributed by atoms with Crippen molar-refractivity contribution >= 4 is 9.84 Å². The van der Waals surface area contributed by atoms with Crippen LogP contribution < -0.4 is 0 Å². The van der Waals surface area contributed by atoms with Gasteiger partial charge in [-0.2, -0.15) is 5.26 Å². The maximum atomic E-state index is 11.3. The summed E-state index contributed by atoms with van der Waals surface area (Å²) in [7, 11) is -3.07. The highest BCUT2D eigenvalue weighted by molar-refractivity contribution is 7.91. The molecule has 0 aromatic heterocycles. The van der Waals surface area contributed by atoms with Crippen molar-refractivity contribution in [2.45, 2.75) is 25.4 Å². The Labute approximate surface area is 78.4 Å². The third-order valence-corrected chi connectivity index (χ3v) is 3.69. The SMILES string of the molecule is N#CCCS(=O)(=O)CC1CCCO1. The van der Waals surface area contributed by atoms with Crippen molar-refractivity contribution in [2.75, 3.05) is 18.1 Å². The van der Waals surface area contributed by atoms with Gasteiger partial charge in [0.1, 0.15) is 0 Å². The van der Waals surface area contributed by atoms with Crippen molar-refractivity contribution in [3.63, 3.8) is 0 Å². The van der Waals surface area contributed by atoms with Gasteiger partial charge >= 0.3 is 0 Å². The van der Waals surface area contributed by atoms with Gasteiger partial charge in [0, 0.05) is 13.0 Å². The summed E-state index contributed by atoms with van der Waals surface area (Å²) in [6.07, 6.45) is 1.71. The van der Waals surface area contributed by atoms with Crippen molar-refractivity contribution in [1.29, 1.82) is 5.26 Å². The summed E-state index contributed by atoms with van der Waals surface area (Å²) < 4.78 is 27.8. The summed E-state index contributed by atoms with van der Waals surface area (Å²) in [5, 5.41) is 8.24. The largest absolute Gasteiger partial charge is 0.377 e. The number of hydrogen-bond donors (Lipinski definition) is 0. The van der Waals surface area contributed by atoms with E-state index in [9.17, 15) is 8.42 Å². The molecular weight excluding hydrogens is 190 g/mol. The number of sulfone groups is 1. The van der Waals surface area contributed by atoms with Crippen LogP contribution in [0.25, 0.3) is 0 Å². The smallest absolute Gasteiger partial charge is 0.153 e. The van der Waals surface area contributed by atoms with Crippen LogP contribution in [0.5, 0.6) is 0 Å². The molecule has 0 aromatic carbocycles. The van der Waals surface area contributed by atoms with E-state index in [-0.39, 0.29) is 24.0 Å². The molecule has 0 saturated carbocycles. The second kappa shape index (κ2) is 4.58. The Morgan fingerprint density at radius 1 is 1.54 bits per heavy atom. The van der Waals surface area contributed by atoms with E-state index in [1.807, 2.05) is 6.07 Å². The first kappa shape index (κ1) is 10.5. The fraction of sp³-hybridized carbons (Fsp3) is 0.875. The van der Waals surface area contributed by atoms with E-state index in [0.29, 0.717) is 6.61 Å². The van der Waals surface area contributed by atoms with Crippen LogP contribution in [-0.2, 0) is 14.6 Å². The normalized spacial score (nSPS) is 22.8. The molecule has 0 amide bonds. The molecule has 1 rings (SSSR count). The Morgan fingerprint density at radius 2 is 2.31 bits per heavy atom. The van der Waals surface area contributed by atoms with E-state index < -0.39 is 9.84 Å². The lowest BCUT2D eigenvalue weighted by Gasteiger charge is -2.08. The Bertz CT molecular complexity index is 285. The van der Waals surface area contributed by atoms with Crippen LogP contribution in [0.15, 0.2) is 0 Å². The lowest BCUT2D eigenvalue weighted by molar-refractivity contribution is 0.127. The average molecular weight is 203 g/mol. The van der Waals surface area contributed by atoms with Crippen molar-refractivity contribution < 1.29 is 13.2 Å². The van der Waals surface area contributed by atoms with Crippen molar-refractivity contribution in [3.8, 4) is 6.07 Å². The molecule has 0 aromatic rings. The van der Waals surface area contributed by atoms with E-state index in [1.54, 1.807) is 0 Å². The number of nitriles is 1. The van der Waals surface area contributed by atoms with E-state index in [1.165, 1.54) is 0 Å². The van der Waals surface area contributed by atoms with Gasteiger partial charge in [-0.15, -0.1) is 0 Å². The molecule has 0 N–H and O–H groups in total. The highest BCUT2D eigenvalue weighted by Crippen LogP contribution is 2.14. The van der Waals surface area contributed by atoms with E-state index >= 15 is 0 Å². The molecule has 4 nitrogen and oxygen atoms in total. The van der Waals surface area contributed by atoms with Gasteiger partial charge in [0.05, 0.1) is 23.7 Å². The van der Waals surface area contributed by atoms with E-state index in [0.717, 1.165) is 12.8 Å². The minimum atomic E-state index is -3.07. The lowest BCUT2D eigenvalue weighted by atomic mass is 10.3. The summed E-state index contributed by atoms with van der Waals surface area (Å²) in [5.74, 6) is 0.0397. The molecule has 0 radical (unpaired) electrons. The first-order valence-corrected chi connectivity index (χ1v) is 6.15. The maximum Gasteiger partial charge on any atom is 0.153 e. The molecule has 1 heterocycles. The fourth-order valence-corrected chi connectivity index (χ4v) is 2.74. The first-order valence-electron chi connectivity index (χ1n) is 4.33. The topological polar surface area (TPSA) is 67.2 Å². The molecule has 1 aliphatic heterocycles. The lowest BCUT2D eigenvalue weighted by Crippen LogP contribution is -2.22. The molecule has 13 heavy (non-hydrogen) atoms. The minimum Gasteiger partial charge on any atom is -0.377 e. The molecule has 1 aliphatic rings. The molecule has 1 atom stereocenters. The molecular formula is C8H13NO3S. The van der Waals surface area contributed by atoms with Crippen LogP contribution in [0.4, 0.5) is 0 Å². The van der Waals surface area contributed by atoms with Crippen LogP contribution in [0.3, 0.4) is 0 Å². The highest BCUT2D eigenvalue weighted by atomic mass is 32.2. The van der Waals surface area contributed by atoms with Gasteiger partial charge in [0.25, 0.3) is 0 Å². The van der Waals surface area contributed by atoms with E-state index in [4.69, 9.17) is 10.00 Å². The number of hydrogen-bond acceptors (Lipinski definition) is 4. The Hall–Kier alpha value is -0.600. The summed E-state index contributed by atoms with van der Waals surface area (Å²) >= 11 is 0. The Balaban J connectivity index is 2.37. The second-order valence-corrected chi connectivity index (χ2v) is 5.39. The monoisotopic (exact) mass is 203 g/mol. The van der Waals surface area contributed by atoms with Crippen LogP contribution >= 0.6 is 0 Å². The third-order valence-electron chi connectivity index (χ3n) is 1.99. The average Bonchev–Trinajstić information content (AvgIpc) is 2.52. The zero-order valence-electron chi connectivity index (χ0n) is 7.40. The highest BCUT2D eigenvalue weighted by Gasteiger charge is 2.22. The maximum absolute atomic E-state index is 11.3. The molecule has 1 unspecified atom stereocenters. The Kier molecular flexibility index (Phi) is 3.70. The van der Waals surface area contributed by atoms with E-state index in [2.05, 4.69) is 0 Å². The fourth-order valence-electron chi connectivity index (χ4n) is 1.34. The zero-order chi connectivity index (χ0) is 9.73. The van der Waals surface area contributed by atoms with Gasteiger partial charge < -0.3 is 4.74 Å². The molecule has 5 heteroatoms. The van der Waals surface area contributed by atoms with Gasteiger partial charge in [-0.05, 0) is 12.8 Å². The summed E-state index contributed by atoms with van der Waals surface area (Å²) in [6, 6.07) is 1.83. The first-order chi connectivity index (χ1) is 6.14. The second-order valence-electron chi connectivity index (χ2n) is 3.16. The molecule has 0 spiro atoms. The number of nitrogens with zero attached hydrogens (tertiary/aromatic N) is 1. The van der Waals surface area contributed by atoms with Crippen LogP contribution in [-0.4, -0.2) is 32.6 Å². The van der Waals surface area contributed by atoms with Crippen molar-refractivity contribution in [1.82, 2.24) is 0 Å². The zero-order valence-corrected chi connectivity index (χ0v) is 8.22. The molecule has 74 valence electrons. The number of ether oxygens (including phenoxy) is 1. The summed E-state index contributed by atoms with van der Waals surface area (Å²) in [4.78, 5) is 0. The predicted octanol–water partition coefficient (Wildman–Crippen LogP) is 0.494. The van der Waals surface area contributed by atoms with Gasteiger partial charge in [-0.25, -0.2) is 8.42 Å². The quantitative estimate of drug-likeness (QED) is 0.667.